The van der Waals surface area contributed by atoms with Gasteiger partial charge in [0.15, 0.2) is 5.72 Å². The first kappa shape index (κ1) is 10.2. The lowest BCUT2D eigenvalue weighted by molar-refractivity contribution is -0.440. The molecule has 2 atom stereocenters. The summed E-state index contributed by atoms with van der Waals surface area (Å²) in [5, 5.41) is 11.6. The maximum atomic E-state index is 10.3. The number of nitrogens with zero attached hydrogens (tertiary/aromatic N) is 1. The molecule has 0 aromatic heterocycles. The molecule has 0 aliphatic carbocycles. The fraction of sp³-hybridized carbons (Fsp3) is 0.500. The van der Waals surface area contributed by atoms with Gasteiger partial charge in [0.1, 0.15) is 6.10 Å². The Kier molecular flexibility index (Phi) is 2.44. The summed E-state index contributed by atoms with van der Waals surface area (Å²) in [7, 11) is 0. The smallest absolute Gasteiger partial charge is 0.170 e. The van der Waals surface area contributed by atoms with Crippen LogP contribution in [-0.2, 0) is 9.68 Å². The topological polar surface area (TPSA) is 41.9 Å². The van der Waals surface area contributed by atoms with Gasteiger partial charge >= 0.3 is 0 Å². The van der Waals surface area contributed by atoms with E-state index < -0.39 is 5.72 Å². The van der Waals surface area contributed by atoms with Crippen molar-refractivity contribution < 1.29 is 14.8 Å². The maximum absolute atomic E-state index is 10.3. The van der Waals surface area contributed by atoms with Crippen LogP contribution in [0.5, 0.6) is 0 Å². The molecule has 1 N–H and O–H groups in total. The van der Waals surface area contributed by atoms with Crippen molar-refractivity contribution in [2.24, 2.45) is 0 Å². The van der Waals surface area contributed by atoms with Gasteiger partial charge in [-0.05, 0) is 23.6 Å². The van der Waals surface area contributed by atoms with Gasteiger partial charge in [0, 0.05) is 6.42 Å². The van der Waals surface area contributed by atoms with Crippen molar-refractivity contribution in [3.05, 3.63) is 35.9 Å². The van der Waals surface area contributed by atoms with Crippen LogP contribution in [0, 0.1) is 0 Å². The van der Waals surface area contributed by atoms with E-state index in [0.717, 1.165) is 12.0 Å². The van der Waals surface area contributed by atoms with Crippen LogP contribution >= 0.6 is 0 Å². The first-order chi connectivity index (χ1) is 7.78. The Labute approximate surface area is 94.3 Å². The molecule has 0 bridgehead atoms. The lowest BCUT2D eigenvalue weighted by Gasteiger charge is -2.33. The summed E-state index contributed by atoms with van der Waals surface area (Å²) in [6.45, 7) is 0.615. The molecular weight excluding hydrogens is 206 g/mol. The molecule has 1 aromatic carbocycles. The van der Waals surface area contributed by atoms with Crippen LogP contribution < -0.4 is 0 Å². The Morgan fingerprint density at radius 1 is 1.31 bits per heavy atom. The molecule has 4 nitrogen and oxygen atoms in total. The molecule has 2 fully saturated rings. The van der Waals surface area contributed by atoms with Crippen molar-refractivity contribution >= 4 is 0 Å². The lowest BCUT2D eigenvalue weighted by Crippen LogP contribution is -2.46. The van der Waals surface area contributed by atoms with Gasteiger partial charge < -0.3 is 5.11 Å². The molecule has 1 aromatic rings. The number of aliphatic hydroxyl groups is 1. The largest absolute Gasteiger partial charge is 0.371 e. The monoisotopic (exact) mass is 221 g/mol. The summed E-state index contributed by atoms with van der Waals surface area (Å²) in [4.78, 5) is 10.9. The summed E-state index contributed by atoms with van der Waals surface area (Å²) in [6, 6.07) is 9.93. The molecule has 2 unspecified atom stereocenters. The van der Waals surface area contributed by atoms with Crippen molar-refractivity contribution in [3.63, 3.8) is 0 Å². The average molecular weight is 221 g/mol. The fourth-order valence-electron chi connectivity index (χ4n) is 2.32. The van der Waals surface area contributed by atoms with Gasteiger partial charge in [0.2, 0.25) is 0 Å². The Balaban J connectivity index is 1.82. The van der Waals surface area contributed by atoms with Gasteiger partial charge in [-0.3, -0.25) is 9.68 Å². The molecule has 0 radical (unpaired) electrons. The van der Waals surface area contributed by atoms with Crippen molar-refractivity contribution in [2.45, 2.75) is 31.1 Å². The summed E-state index contributed by atoms with van der Waals surface area (Å²) >= 11 is 0. The average Bonchev–Trinajstić information content (AvgIpc) is 2.67. The maximum Gasteiger partial charge on any atom is 0.170 e. The van der Waals surface area contributed by atoms with Gasteiger partial charge in [-0.15, -0.1) is 0 Å². The molecule has 86 valence electrons. The normalized spacial score (nSPS) is 34.9. The molecule has 2 aliphatic heterocycles. The van der Waals surface area contributed by atoms with Gasteiger partial charge in [-0.2, -0.15) is 0 Å². The zero-order valence-electron chi connectivity index (χ0n) is 9.00. The van der Waals surface area contributed by atoms with E-state index in [2.05, 4.69) is 0 Å². The lowest BCUT2D eigenvalue weighted by atomic mass is 9.97. The summed E-state index contributed by atoms with van der Waals surface area (Å²) in [6.07, 6.45) is 2.04. The number of fused-ring (bicyclic) bond motifs is 1. The molecule has 2 aliphatic rings. The minimum atomic E-state index is -0.946. The van der Waals surface area contributed by atoms with Crippen molar-refractivity contribution in [1.82, 2.24) is 5.23 Å². The van der Waals surface area contributed by atoms with Gasteiger partial charge in [-0.1, -0.05) is 30.3 Å². The Bertz CT molecular complexity index is 370. The number of hydroxylamine groups is 2. The minimum absolute atomic E-state index is 0.107. The highest BCUT2D eigenvalue weighted by atomic mass is 17.0. The second kappa shape index (κ2) is 3.82. The summed E-state index contributed by atoms with van der Waals surface area (Å²) in [5.41, 5.74) is 0.132. The van der Waals surface area contributed by atoms with Crippen LogP contribution in [0.15, 0.2) is 30.3 Å². The fourth-order valence-corrected chi connectivity index (χ4v) is 2.32. The molecule has 3 rings (SSSR count). The predicted molar refractivity (Wildman–Crippen MR) is 56.9 cm³/mol. The number of hydrogen-bond acceptors (Lipinski definition) is 4. The quantitative estimate of drug-likeness (QED) is 0.785. The first-order valence-electron chi connectivity index (χ1n) is 5.65. The Morgan fingerprint density at radius 3 is 2.88 bits per heavy atom. The third kappa shape index (κ3) is 1.64. The van der Waals surface area contributed by atoms with E-state index >= 15 is 0 Å². The number of rotatable bonds is 1. The van der Waals surface area contributed by atoms with Crippen LogP contribution in [0.3, 0.4) is 0 Å². The Hall–Kier alpha value is -0.940. The van der Waals surface area contributed by atoms with Gasteiger partial charge in [0.05, 0.1) is 6.61 Å². The van der Waals surface area contributed by atoms with Crippen LogP contribution in [-0.4, -0.2) is 22.7 Å². The molecule has 2 heterocycles. The molecule has 16 heavy (non-hydrogen) atoms. The standard InChI is InChI=1S/C12H15NO3/c14-12-7-4-8-15-13(12)16-11(9-12)10-5-2-1-3-6-10/h1-3,5-6,11,14H,4,7-9H2. The van der Waals surface area contributed by atoms with Gasteiger partial charge in [-0.25, -0.2) is 0 Å². The minimum Gasteiger partial charge on any atom is -0.371 e. The zero-order chi connectivity index (χ0) is 11.0. The van der Waals surface area contributed by atoms with E-state index in [1.165, 1.54) is 5.23 Å². The van der Waals surface area contributed by atoms with Crippen molar-refractivity contribution in [2.75, 3.05) is 6.61 Å². The zero-order valence-corrected chi connectivity index (χ0v) is 9.00. The highest BCUT2D eigenvalue weighted by Gasteiger charge is 2.49. The molecular formula is C12H15NO3. The predicted octanol–water partition coefficient (Wildman–Crippen LogP) is 1.78. The number of hydrogen-bond donors (Lipinski definition) is 1. The van der Waals surface area contributed by atoms with E-state index in [4.69, 9.17) is 9.68 Å². The molecule has 0 saturated carbocycles. The van der Waals surface area contributed by atoms with Crippen molar-refractivity contribution in [1.29, 1.82) is 0 Å². The molecule has 0 spiro atoms. The highest BCUT2D eigenvalue weighted by Crippen LogP contribution is 2.43. The van der Waals surface area contributed by atoms with Gasteiger partial charge in [0.25, 0.3) is 0 Å². The van der Waals surface area contributed by atoms with E-state index in [1.807, 2.05) is 30.3 Å². The SMILES string of the molecule is OC12CCCON1OC(c1ccccc1)C2. The number of benzene rings is 1. The first-order valence-corrected chi connectivity index (χ1v) is 5.65. The van der Waals surface area contributed by atoms with E-state index in [-0.39, 0.29) is 6.10 Å². The van der Waals surface area contributed by atoms with Crippen LogP contribution in [0.1, 0.15) is 30.9 Å². The summed E-state index contributed by atoms with van der Waals surface area (Å²) < 4.78 is 0. The Morgan fingerprint density at radius 2 is 2.12 bits per heavy atom. The highest BCUT2D eigenvalue weighted by molar-refractivity contribution is 5.18. The second-order valence-corrected chi connectivity index (χ2v) is 4.39. The summed E-state index contributed by atoms with van der Waals surface area (Å²) in [5.74, 6) is 0. The van der Waals surface area contributed by atoms with E-state index in [1.54, 1.807) is 0 Å². The van der Waals surface area contributed by atoms with Crippen LogP contribution in [0.2, 0.25) is 0 Å². The molecule has 0 amide bonds. The van der Waals surface area contributed by atoms with Crippen molar-refractivity contribution in [3.8, 4) is 0 Å². The van der Waals surface area contributed by atoms with E-state index in [0.29, 0.717) is 19.4 Å². The van der Waals surface area contributed by atoms with Crippen LogP contribution in [0.4, 0.5) is 0 Å². The van der Waals surface area contributed by atoms with Crippen LogP contribution in [0.25, 0.3) is 0 Å². The molecule has 4 heteroatoms. The second-order valence-electron chi connectivity index (χ2n) is 4.39. The van der Waals surface area contributed by atoms with E-state index in [9.17, 15) is 5.11 Å². The molecule has 2 saturated heterocycles. The third-order valence-electron chi connectivity index (χ3n) is 3.18. The third-order valence-corrected chi connectivity index (χ3v) is 3.18.